The summed E-state index contributed by atoms with van der Waals surface area (Å²) >= 11 is 0. The van der Waals surface area contributed by atoms with Gasteiger partial charge in [-0.2, -0.15) is 0 Å². The second kappa shape index (κ2) is 14.1. The van der Waals surface area contributed by atoms with Crippen molar-refractivity contribution in [2.75, 3.05) is 4.90 Å². The maximum atomic E-state index is 6.51. The first-order valence-electron chi connectivity index (χ1n) is 19.8. The van der Waals surface area contributed by atoms with E-state index in [4.69, 9.17) is 4.42 Å². The lowest BCUT2D eigenvalue weighted by atomic mass is 9.96. The highest BCUT2D eigenvalue weighted by molar-refractivity contribution is 6.15. The van der Waals surface area contributed by atoms with Crippen molar-refractivity contribution in [1.29, 1.82) is 0 Å². The Kier molecular flexibility index (Phi) is 8.19. The summed E-state index contributed by atoms with van der Waals surface area (Å²) in [4.78, 5) is 2.39. The number of para-hydroxylation sites is 2. The number of anilines is 3. The normalized spacial score (nSPS) is 11.4. The summed E-state index contributed by atoms with van der Waals surface area (Å²) in [5.41, 5.74) is 14.6. The van der Waals surface area contributed by atoms with Gasteiger partial charge in [0.05, 0.1) is 5.69 Å². The standard InChI is InChI=1S/C56H37NO/c1-2-11-38(12-3-1)39-21-23-40(24-22-39)41-27-32-46(33-28-41)57(47-34-29-43(30-35-47)49-18-10-14-42-13-4-5-15-48(42)49)54-19-8-6-16-50(54)45-26-25-44-31-36-52-51-17-7-9-20-55(51)58-56(52)53(44)37-45/h1-37H. The molecule has 0 bridgehead atoms. The Bertz CT molecular complexity index is 3250. The highest BCUT2D eigenvalue weighted by Gasteiger charge is 2.19. The number of furan rings is 1. The van der Waals surface area contributed by atoms with Gasteiger partial charge in [0.25, 0.3) is 0 Å². The number of nitrogens with zero attached hydrogens (tertiary/aromatic N) is 1. The Morgan fingerprint density at radius 2 is 0.810 bits per heavy atom. The second-order valence-corrected chi connectivity index (χ2v) is 14.9. The molecule has 0 aliphatic carbocycles. The Hall–Kier alpha value is -7.68. The zero-order valence-electron chi connectivity index (χ0n) is 31.7. The van der Waals surface area contributed by atoms with E-state index in [0.29, 0.717) is 0 Å². The van der Waals surface area contributed by atoms with E-state index < -0.39 is 0 Å². The molecule has 11 aromatic rings. The predicted octanol–water partition coefficient (Wildman–Crippen LogP) is 16.0. The molecule has 58 heavy (non-hydrogen) atoms. The van der Waals surface area contributed by atoms with Crippen LogP contribution in [0.1, 0.15) is 0 Å². The fourth-order valence-corrected chi connectivity index (χ4v) is 8.57. The van der Waals surface area contributed by atoms with Crippen molar-refractivity contribution in [1.82, 2.24) is 0 Å². The maximum absolute atomic E-state index is 6.51. The van der Waals surface area contributed by atoms with Crippen molar-refractivity contribution in [3.05, 3.63) is 224 Å². The fraction of sp³-hybridized carbons (Fsp3) is 0. The van der Waals surface area contributed by atoms with Crippen LogP contribution in [0.2, 0.25) is 0 Å². The fourth-order valence-electron chi connectivity index (χ4n) is 8.57. The van der Waals surface area contributed by atoms with Crippen molar-refractivity contribution in [3.8, 4) is 44.5 Å². The van der Waals surface area contributed by atoms with Gasteiger partial charge in [0.1, 0.15) is 11.2 Å². The molecule has 0 aliphatic rings. The monoisotopic (exact) mass is 739 g/mol. The van der Waals surface area contributed by atoms with E-state index in [1.54, 1.807) is 0 Å². The average Bonchev–Trinajstić information content (AvgIpc) is 3.69. The minimum absolute atomic E-state index is 0.907. The molecule has 11 rings (SSSR count). The minimum Gasteiger partial charge on any atom is -0.455 e. The van der Waals surface area contributed by atoms with E-state index in [-0.39, 0.29) is 0 Å². The Morgan fingerprint density at radius 1 is 0.293 bits per heavy atom. The van der Waals surface area contributed by atoms with E-state index in [1.807, 2.05) is 6.07 Å². The summed E-state index contributed by atoms with van der Waals surface area (Å²) in [6.07, 6.45) is 0. The third kappa shape index (κ3) is 5.91. The molecule has 0 atom stereocenters. The van der Waals surface area contributed by atoms with E-state index in [1.165, 1.54) is 44.2 Å². The third-order valence-electron chi connectivity index (χ3n) is 11.5. The van der Waals surface area contributed by atoms with Crippen LogP contribution in [-0.4, -0.2) is 0 Å². The molecule has 0 unspecified atom stereocenters. The molecule has 0 amide bonds. The Labute approximate surface area is 337 Å². The summed E-state index contributed by atoms with van der Waals surface area (Å²) in [7, 11) is 0. The van der Waals surface area contributed by atoms with Gasteiger partial charge in [-0.15, -0.1) is 0 Å². The van der Waals surface area contributed by atoms with Gasteiger partial charge >= 0.3 is 0 Å². The molecule has 0 aliphatic heterocycles. The molecule has 1 heterocycles. The zero-order chi connectivity index (χ0) is 38.4. The van der Waals surface area contributed by atoms with Crippen LogP contribution >= 0.6 is 0 Å². The second-order valence-electron chi connectivity index (χ2n) is 14.9. The predicted molar refractivity (Wildman–Crippen MR) is 245 cm³/mol. The Morgan fingerprint density at radius 3 is 1.57 bits per heavy atom. The van der Waals surface area contributed by atoms with Crippen molar-refractivity contribution in [2.45, 2.75) is 0 Å². The number of hydrogen-bond acceptors (Lipinski definition) is 2. The lowest BCUT2D eigenvalue weighted by Crippen LogP contribution is -2.11. The van der Waals surface area contributed by atoms with Gasteiger partial charge in [-0.25, -0.2) is 0 Å². The number of fused-ring (bicyclic) bond motifs is 6. The molecular formula is C56H37NO. The van der Waals surface area contributed by atoms with E-state index in [0.717, 1.165) is 60.9 Å². The molecular weight excluding hydrogens is 703 g/mol. The highest BCUT2D eigenvalue weighted by Crippen LogP contribution is 2.44. The first-order chi connectivity index (χ1) is 28.7. The Balaban J connectivity index is 1.03. The number of hydrogen-bond donors (Lipinski definition) is 0. The molecule has 0 saturated carbocycles. The van der Waals surface area contributed by atoms with Crippen molar-refractivity contribution < 1.29 is 4.42 Å². The van der Waals surface area contributed by atoms with Crippen molar-refractivity contribution >= 4 is 60.5 Å². The first kappa shape index (κ1) is 33.6. The lowest BCUT2D eigenvalue weighted by Gasteiger charge is -2.28. The van der Waals surface area contributed by atoms with Gasteiger partial charge in [0.2, 0.25) is 0 Å². The topological polar surface area (TPSA) is 16.4 Å². The largest absolute Gasteiger partial charge is 0.455 e. The van der Waals surface area contributed by atoms with Gasteiger partial charge in [0.15, 0.2) is 0 Å². The summed E-state index contributed by atoms with van der Waals surface area (Å²) in [5, 5.41) is 7.03. The molecule has 0 fully saturated rings. The van der Waals surface area contributed by atoms with Gasteiger partial charge in [0, 0.05) is 33.1 Å². The molecule has 10 aromatic carbocycles. The lowest BCUT2D eigenvalue weighted by molar-refractivity contribution is 0.672. The summed E-state index contributed by atoms with van der Waals surface area (Å²) in [6.45, 7) is 0. The molecule has 0 spiro atoms. The van der Waals surface area contributed by atoms with Crippen LogP contribution in [0.4, 0.5) is 17.1 Å². The van der Waals surface area contributed by atoms with Crippen molar-refractivity contribution in [2.24, 2.45) is 0 Å². The van der Waals surface area contributed by atoms with E-state index in [2.05, 4.69) is 223 Å². The first-order valence-corrected chi connectivity index (χ1v) is 19.8. The quantitative estimate of drug-likeness (QED) is 0.162. The van der Waals surface area contributed by atoms with Crippen LogP contribution in [0.25, 0.3) is 88.0 Å². The van der Waals surface area contributed by atoms with Gasteiger partial charge in [-0.3, -0.25) is 0 Å². The SMILES string of the molecule is c1ccc(-c2ccc(-c3ccc(N(c4ccc(-c5cccc6ccccc56)cc4)c4ccccc4-c4ccc5ccc6c7ccccc7oc6c5c4)cc3)cc2)cc1. The van der Waals surface area contributed by atoms with Crippen LogP contribution in [0.5, 0.6) is 0 Å². The molecule has 2 nitrogen and oxygen atoms in total. The van der Waals surface area contributed by atoms with Crippen LogP contribution < -0.4 is 4.90 Å². The van der Waals surface area contributed by atoms with Crippen LogP contribution in [-0.2, 0) is 0 Å². The molecule has 0 N–H and O–H groups in total. The molecule has 0 saturated heterocycles. The smallest absolute Gasteiger partial charge is 0.143 e. The number of rotatable bonds is 7. The third-order valence-corrected chi connectivity index (χ3v) is 11.5. The molecule has 2 heteroatoms. The average molecular weight is 740 g/mol. The zero-order valence-corrected chi connectivity index (χ0v) is 31.7. The van der Waals surface area contributed by atoms with Crippen LogP contribution in [0.3, 0.4) is 0 Å². The molecule has 272 valence electrons. The summed E-state index contributed by atoms with van der Waals surface area (Å²) < 4.78 is 6.51. The van der Waals surface area contributed by atoms with Gasteiger partial charge in [-0.1, -0.05) is 176 Å². The van der Waals surface area contributed by atoms with E-state index in [9.17, 15) is 0 Å². The molecule has 0 radical (unpaired) electrons. The summed E-state index contributed by atoms with van der Waals surface area (Å²) in [6, 6.07) is 80.7. The highest BCUT2D eigenvalue weighted by atomic mass is 16.3. The van der Waals surface area contributed by atoms with Gasteiger partial charge in [-0.05, 0) is 104 Å². The van der Waals surface area contributed by atoms with Gasteiger partial charge < -0.3 is 9.32 Å². The number of benzene rings is 10. The summed E-state index contributed by atoms with van der Waals surface area (Å²) in [5.74, 6) is 0. The van der Waals surface area contributed by atoms with Crippen molar-refractivity contribution in [3.63, 3.8) is 0 Å². The minimum atomic E-state index is 0.907. The van der Waals surface area contributed by atoms with Crippen LogP contribution in [0, 0.1) is 0 Å². The van der Waals surface area contributed by atoms with E-state index >= 15 is 0 Å². The maximum Gasteiger partial charge on any atom is 0.143 e. The molecule has 1 aromatic heterocycles. The van der Waals surface area contributed by atoms with Crippen LogP contribution in [0.15, 0.2) is 229 Å².